The van der Waals surface area contributed by atoms with Crippen LogP contribution in [0.3, 0.4) is 0 Å². The Morgan fingerprint density at radius 1 is 1.50 bits per heavy atom. The zero-order valence-corrected chi connectivity index (χ0v) is 9.28. The van der Waals surface area contributed by atoms with Gasteiger partial charge in [-0.05, 0) is 17.7 Å². The lowest BCUT2D eigenvalue weighted by molar-refractivity contribution is 0.427. The molecule has 0 spiro atoms. The molecule has 62 valence electrons. The van der Waals surface area contributed by atoms with Gasteiger partial charge in [-0.1, -0.05) is 19.8 Å². The molecule has 0 aromatic carbocycles. The van der Waals surface area contributed by atoms with Crippen molar-refractivity contribution in [3.63, 3.8) is 0 Å². The van der Waals surface area contributed by atoms with Crippen LogP contribution in [0.15, 0.2) is 0 Å². The summed E-state index contributed by atoms with van der Waals surface area (Å²) < 4.78 is 5.15. The average Bonchev–Trinajstić information content (AvgIpc) is 1.89. The van der Waals surface area contributed by atoms with Crippen LogP contribution in [0.25, 0.3) is 0 Å². The Morgan fingerprint density at radius 3 is 2.70 bits per heavy atom. The summed E-state index contributed by atoms with van der Waals surface area (Å²) in [6.07, 6.45) is 3.91. The van der Waals surface area contributed by atoms with E-state index in [1.54, 1.807) is 0 Å². The van der Waals surface area contributed by atoms with Crippen molar-refractivity contribution in [2.45, 2.75) is 31.7 Å². The molecule has 1 atom stereocenters. The second-order valence-electron chi connectivity index (χ2n) is 2.78. The average molecular weight is 178 g/mol. The smallest absolute Gasteiger partial charge is 0.163 e. The van der Waals surface area contributed by atoms with Crippen molar-refractivity contribution < 1.29 is 4.43 Å². The number of unbranched alkanes of at least 4 members (excludes halogenated alkanes) is 1. The molecular weight excluding hydrogens is 160 g/mol. The Balaban J connectivity index is 2.97. The minimum absolute atomic E-state index is 0.207. The fraction of sp³-hybridized carbons (Fsp3) is 1.00. The van der Waals surface area contributed by atoms with Crippen molar-refractivity contribution >= 4 is 22.4 Å². The van der Waals surface area contributed by atoms with Gasteiger partial charge in [-0.2, -0.15) is 12.6 Å². The highest BCUT2D eigenvalue weighted by molar-refractivity contribution is 7.80. The summed E-state index contributed by atoms with van der Waals surface area (Å²) in [5.74, 6) is 1.03. The molecule has 0 saturated heterocycles. The molecule has 0 bridgehead atoms. The number of thiol groups is 1. The molecule has 1 unspecified atom stereocenters. The van der Waals surface area contributed by atoms with Crippen LogP contribution in [0.2, 0.25) is 5.54 Å². The predicted octanol–water partition coefficient (Wildman–Crippen LogP) is 1.63. The summed E-state index contributed by atoms with van der Waals surface area (Å²) in [6.45, 7) is 2.29. The van der Waals surface area contributed by atoms with Crippen LogP contribution in [0.4, 0.5) is 0 Å². The van der Waals surface area contributed by atoms with Crippen LogP contribution in [0.5, 0.6) is 0 Å². The lowest BCUT2D eigenvalue weighted by Gasteiger charge is -2.07. The third-order valence-corrected chi connectivity index (χ3v) is 3.18. The topological polar surface area (TPSA) is 9.23 Å². The van der Waals surface area contributed by atoms with E-state index in [2.05, 4.69) is 19.6 Å². The molecule has 0 saturated carbocycles. The predicted molar refractivity (Wildman–Crippen MR) is 52.7 cm³/mol. The number of hydrogen-bond acceptors (Lipinski definition) is 2. The first-order valence-corrected chi connectivity index (χ1v) is 5.93. The van der Waals surface area contributed by atoms with E-state index >= 15 is 0 Å². The number of rotatable bonds is 6. The molecule has 1 nitrogen and oxygen atoms in total. The lowest BCUT2D eigenvalue weighted by atomic mass is 10.2. The molecule has 0 aromatic rings. The van der Waals surface area contributed by atoms with E-state index in [0.29, 0.717) is 0 Å². The van der Waals surface area contributed by atoms with Gasteiger partial charge in [0.2, 0.25) is 0 Å². The maximum Gasteiger partial charge on any atom is 0.163 e. The van der Waals surface area contributed by atoms with Crippen molar-refractivity contribution in [2.75, 3.05) is 12.9 Å². The summed E-state index contributed by atoms with van der Waals surface area (Å²) in [5, 5.41) is 0. The van der Waals surface area contributed by atoms with Crippen LogP contribution in [-0.4, -0.2) is 22.6 Å². The van der Waals surface area contributed by atoms with Crippen molar-refractivity contribution in [1.29, 1.82) is 0 Å². The van der Waals surface area contributed by atoms with Crippen LogP contribution in [0, 0.1) is 0 Å². The summed E-state index contributed by atoms with van der Waals surface area (Å²) >= 11 is 4.16. The third-order valence-electron chi connectivity index (χ3n) is 1.56. The summed E-state index contributed by atoms with van der Waals surface area (Å²) in [7, 11) is 1.61. The van der Waals surface area contributed by atoms with E-state index in [4.69, 9.17) is 4.43 Å². The molecule has 0 radical (unpaired) electrons. The molecule has 0 aromatic heterocycles. The first-order valence-electron chi connectivity index (χ1n) is 3.91. The van der Waals surface area contributed by atoms with Crippen molar-refractivity contribution in [1.82, 2.24) is 0 Å². The van der Waals surface area contributed by atoms with E-state index in [1.807, 2.05) is 7.11 Å². The van der Waals surface area contributed by atoms with Gasteiger partial charge in [0.05, 0.1) is 0 Å². The van der Waals surface area contributed by atoms with Crippen molar-refractivity contribution in [3.05, 3.63) is 0 Å². The largest absolute Gasteiger partial charge is 0.427 e. The maximum atomic E-state index is 5.15. The van der Waals surface area contributed by atoms with Gasteiger partial charge >= 0.3 is 0 Å². The molecule has 0 aliphatic heterocycles. The van der Waals surface area contributed by atoms with Gasteiger partial charge < -0.3 is 4.43 Å². The highest BCUT2D eigenvalue weighted by Crippen LogP contribution is 2.12. The second-order valence-corrected chi connectivity index (χ2v) is 5.53. The highest BCUT2D eigenvalue weighted by atomic mass is 32.1. The SMILES string of the molecule is CO[SiH2]C(C)CCCCS. The van der Waals surface area contributed by atoms with Crippen molar-refractivity contribution in [2.24, 2.45) is 0 Å². The zero-order chi connectivity index (χ0) is 7.82. The van der Waals surface area contributed by atoms with Crippen LogP contribution >= 0.6 is 12.6 Å². The van der Waals surface area contributed by atoms with Gasteiger partial charge in [0.15, 0.2) is 9.76 Å². The summed E-state index contributed by atoms with van der Waals surface area (Å²) in [6, 6.07) is 0. The van der Waals surface area contributed by atoms with E-state index in [-0.39, 0.29) is 9.76 Å². The molecule has 0 N–H and O–H groups in total. The molecular formula is C7H18OSSi. The van der Waals surface area contributed by atoms with Gasteiger partial charge in [-0.25, -0.2) is 0 Å². The Bertz CT molecular complexity index is 70.6. The summed E-state index contributed by atoms with van der Waals surface area (Å²) in [4.78, 5) is 0. The van der Waals surface area contributed by atoms with Crippen LogP contribution in [-0.2, 0) is 4.43 Å². The quantitative estimate of drug-likeness (QED) is 0.369. The first kappa shape index (κ1) is 10.5. The van der Waals surface area contributed by atoms with Gasteiger partial charge in [0, 0.05) is 7.11 Å². The molecule has 3 heteroatoms. The Labute approximate surface area is 71.9 Å². The molecule has 10 heavy (non-hydrogen) atoms. The first-order chi connectivity index (χ1) is 4.81. The minimum atomic E-state index is -0.207. The Hall–Kier alpha value is 0.527. The van der Waals surface area contributed by atoms with Crippen LogP contribution in [0.1, 0.15) is 26.2 Å². The Morgan fingerprint density at radius 2 is 2.20 bits per heavy atom. The maximum absolute atomic E-state index is 5.15. The Kier molecular flexibility index (Phi) is 8.03. The molecule has 0 heterocycles. The van der Waals surface area contributed by atoms with Gasteiger partial charge in [0.1, 0.15) is 0 Å². The molecule has 0 aliphatic carbocycles. The van der Waals surface area contributed by atoms with E-state index < -0.39 is 0 Å². The highest BCUT2D eigenvalue weighted by Gasteiger charge is 2.00. The third kappa shape index (κ3) is 6.64. The monoisotopic (exact) mass is 178 g/mol. The van der Waals surface area contributed by atoms with E-state index in [1.165, 1.54) is 19.3 Å². The van der Waals surface area contributed by atoms with Crippen molar-refractivity contribution in [3.8, 4) is 0 Å². The standard InChI is InChI=1S/C7H18OSSi/c1-7(10-8-2)5-3-4-6-9/h7,9H,3-6,10H2,1-2H3. The fourth-order valence-electron chi connectivity index (χ4n) is 0.972. The zero-order valence-electron chi connectivity index (χ0n) is 6.97. The second kappa shape index (κ2) is 7.63. The molecule has 0 aliphatic rings. The molecule has 0 fully saturated rings. The van der Waals surface area contributed by atoms with Gasteiger partial charge in [-0.15, -0.1) is 0 Å². The fourth-order valence-corrected chi connectivity index (χ4v) is 2.22. The van der Waals surface area contributed by atoms with Crippen LogP contribution < -0.4 is 0 Å². The molecule has 0 amide bonds. The number of hydrogen-bond donors (Lipinski definition) is 1. The van der Waals surface area contributed by atoms with E-state index in [9.17, 15) is 0 Å². The van der Waals surface area contributed by atoms with E-state index in [0.717, 1.165) is 11.3 Å². The normalized spacial score (nSPS) is 14.7. The van der Waals surface area contributed by atoms with Gasteiger partial charge in [0.25, 0.3) is 0 Å². The van der Waals surface area contributed by atoms with Gasteiger partial charge in [-0.3, -0.25) is 0 Å². The molecule has 0 rings (SSSR count). The minimum Gasteiger partial charge on any atom is -0.427 e. The lowest BCUT2D eigenvalue weighted by Crippen LogP contribution is -2.01. The summed E-state index contributed by atoms with van der Waals surface area (Å²) in [5.41, 5.74) is 0.852.